The highest BCUT2D eigenvalue weighted by molar-refractivity contribution is 7.92. The van der Waals surface area contributed by atoms with E-state index in [1.54, 1.807) is 32.0 Å². The first-order chi connectivity index (χ1) is 9.33. The van der Waals surface area contributed by atoms with Gasteiger partial charge in [-0.3, -0.25) is 14.6 Å². The van der Waals surface area contributed by atoms with Gasteiger partial charge in [0.1, 0.15) is 4.90 Å². The lowest BCUT2D eigenvalue weighted by Gasteiger charge is -2.11. The first-order valence-corrected chi connectivity index (χ1v) is 7.23. The molecule has 1 aromatic carbocycles. The van der Waals surface area contributed by atoms with Crippen molar-refractivity contribution in [3.63, 3.8) is 0 Å². The Labute approximate surface area is 116 Å². The zero-order chi connectivity index (χ0) is 14.9. The number of aromatic amines is 1. The predicted molar refractivity (Wildman–Crippen MR) is 73.8 cm³/mol. The summed E-state index contributed by atoms with van der Waals surface area (Å²) in [6, 6.07) is 4.67. The minimum atomic E-state index is -3.76. The zero-order valence-electron chi connectivity index (χ0n) is 11.0. The molecule has 20 heavy (non-hydrogen) atoms. The first kappa shape index (κ1) is 14.1. The number of rotatable bonds is 4. The molecular weight excluding hydrogens is 280 g/mol. The molecule has 7 nitrogen and oxygen atoms in total. The van der Waals surface area contributed by atoms with Crippen molar-refractivity contribution in [2.45, 2.75) is 18.7 Å². The number of benzene rings is 1. The van der Waals surface area contributed by atoms with Crippen molar-refractivity contribution in [1.82, 2.24) is 10.2 Å². The molecule has 0 atom stereocenters. The molecule has 2 aromatic rings. The number of nitrogens with one attached hydrogen (secondary N) is 2. The smallest absolute Gasteiger partial charge is 0.265 e. The number of amides is 1. The van der Waals surface area contributed by atoms with Crippen LogP contribution in [0.3, 0.4) is 0 Å². The van der Waals surface area contributed by atoms with Gasteiger partial charge in [0.25, 0.3) is 10.0 Å². The summed E-state index contributed by atoms with van der Waals surface area (Å²) in [5, 5.41) is 6.24. The van der Waals surface area contributed by atoms with Crippen LogP contribution in [0.1, 0.15) is 21.6 Å². The fraction of sp³-hybridized carbons (Fsp3) is 0.167. The molecule has 0 saturated carbocycles. The van der Waals surface area contributed by atoms with Gasteiger partial charge >= 0.3 is 0 Å². The van der Waals surface area contributed by atoms with Crippen molar-refractivity contribution in [1.29, 1.82) is 0 Å². The Morgan fingerprint density at radius 1 is 1.35 bits per heavy atom. The number of primary amides is 1. The Kier molecular flexibility index (Phi) is 3.49. The van der Waals surface area contributed by atoms with Crippen molar-refractivity contribution < 1.29 is 13.2 Å². The number of hydrogen-bond acceptors (Lipinski definition) is 4. The summed E-state index contributed by atoms with van der Waals surface area (Å²) in [5.41, 5.74) is 6.72. The van der Waals surface area contributed by atoms with Gasteiger partial charge in [-0.25, -0.2) is 8.42 Å². The second-order valence-corrected chi connectivity index (χ2v) is 5.96. The summed E-state index contributed by atoms with van der Waals surface area (Å²) in [6.45, 7) is 3.23. The molecule has 8 heteroatoms. The summed E-state index contributed by atoms with van der Waals surface area (Å²) in [7, 11) is -3.76. The third-order valence-corrected chi connectivity index (χ3v) is 4.40. The standard InChI is InChI=1S/C12H14N4O3S/c1-7-9(12(13)17)4-3-5-10(7)16-20(18,19)11-6-14-15-8(11)2/h3-6,16H,1-2H3,(H2,13,17)(H,14,15). The third kappa shape index (κ3) is 2.50. The van der Waals surface area contributed by atoms with Crippen molar-refractivity contribution in [3.8, 4) is 0 Å². The van der Waals surface area contributed by atoms with Crippen LogP contribution in [0.5, 0.6) is 0 Å². The molecule has 0 spiro atoms. The molecule has 0 unspecified atom stereocenters. The van der Waals surface area contributed by atoms with E-state index in [1.165, 1.54) is 6.20 Å². The number of hydrogen-bond donors (Lipinski definition) is 3. The molecule has 1 aromatic heterocycles. The second-order valence-electron chi connectivity index (χ2n) is 4.31. The summed E-state index contributed by atoms with van der Waals surface area (Å²) >= 11 is 0. The Morgan fingerprint density at radius 3 is 2.60 bits per heavy atom. The highest BCUT2D eigenvalue weighted by Crippen LogP contribution is 2.22. The van der Waals surface area contributed by atoms with Gasteiger partial charge in [0.15, 0.2) is 0 Å². The average Bonchev–Trinajstić information content (AvgIpc) is 2.78. The maximum atomic E-state index is 12.2. The monoisotopic (exact) mass is 294 g/mol. The van der Waals surface area contributed by atoms with E-state index in [4.69, 9.17) is 5.73 Å². The lowest BCUT2D eigenvalue weighted by atomic mass is 10.1. The van der Waals surface area contributed by atoms with Crippen molar-refractivity contribution in [2.24, 2.45) is 5.73 Å². The fourth-order valence-corrected chi connectivity index (χ4v) is 3.08. The molecule has 0 aliphatic carbocycles. The van der Waals surface area contributed by atoms with Crippen LogP contribution in [0.4, 0.5) is 5.69 Å². The van der Waals surface area contributed by atoms with Crippen molar-refractivity contribution >= 4 is 21.6 Å². The lowest BCUT2D eigenvalue weighted by molar-refractivity contribution is 0.0999. The largest absolute Gasteiger partial charge is 0.366 e. The Balaban J connectivity index is 2.43. The van der Waals surface area contributed by atoms with Crippen molar-refractivity contribution in [3.05, 3.63) is 41.2 Å². The number of sulfonamides is 1. The van der Waals surface area contributed by atoms with E-state index in [2.05, 4.69) is 14.9 Å². The van der Waals surface area contributed by atoms with Crippen molar-refractivity contribution in [2.75, 3.05) is 4.72 Å². The van der Waals surface area contributed by atoms with E-state index in [9.17, 15) is 13.2 Å². The van der Waals surface area contributed by atoms with Crippen LogP contribution in [-0.2, 0) is 10.0 Å². The summed E-state index contributed by atoms with van der Waals surface area (Å²) in [5.74, 6) is -0.608. The molecular formula is C12H14N4O3S. The Morgan fingerprint density at radius 2 is 2.05 bits per heavy atom. The minimum Gasteiger partial charge on any atom is -0.366 e. The molecule has 1 heterocycles. The number of aryl methyl sites for hydroxylation is 1. The van der Waals surface area contributed by atoms with Crippen LogP contribution in [-0.4, -0.2) is 24.5 Å². The molecule has 0 bridgehead atoms. The van der Waals surface area contributed by atoms with Gasteiger partial charge in [-0.2, -0.15) is 5.10 Å². The maximum absolute atomic E-state index is 12.2. The van der Waals surface area contributed by atoms with E-state index in [1.807, 2.05) is 0 Å². The molecule has 2 rings (SSSR count). The molecule has 0 radical (unpaired) electrons. The molecule has 4 N–H and O–H groups in total. The SMILES string of the molecule is Cc1[nH]ncc1S(=O)(=O)Nc1cccc(C(N)=O)c1C. The van der Waals surface area contributed by atoms with Gasteiger partial charge in [-0.1, -0.05) is 6.07 Å². The van der Waals surface area contributed by atoms with E-state index in [0.717, 1.165) is 0 Å². The van der Waals surface area contributed by atoms with Crippen LogP contribution in [0.2, 0.25) is 0 Å². The van der Waals surface area contributed by atoms with Crippen LogP contribution in [0.15, 0.2) is 29.3 Å². The van der Waals surface area contributed by atoms with Crippen LogP contribution >= 0.6 is 0 Å². The normalized spacial score (nSPS) is 11.3. The topological polar surface area (TPSA) is 118 Å². The van der Waals surface area contributed by atoms with Crippen LogP contribution < -0.4 is 10.5 Å². The summed E-state index contributed by atoms with van der Waals surface area (Å²) in [6.07, 6.45) is 1.23. The minimum absolute atomic E-state index is 0.0568. The Bertz CT molecular complexity index is 765. The van der Waals surface area contributed by atoms with Gasteiger partial charge in [0, 0.05) is 5.56 Å². The highest BCUT2D eigenvalue weighted by Gasteiger charge is 2.20. The van der Waals surface area contributed by atoms with Gasteiger partial charge in [-0.05, 0) is 31.5 Å². The molecule has 0 aliphatic heterocycles. The third-order valence-electron chi connectivity index (χ3n) is 2.92. The van der Waals surface area contributed by atoms with Crippen LogP contribution in [0, 0.1) is 13.8 Å². The van der Waals surface area contributed by atoms with Crippen LogP contribution in [0.25, 0.3) is 0 Å². The zero-order valence-corrected chi connectivity index (χ0v) is 11.8. The maximum Gasteiger partial charge on any atom is 0.265 e. The summed E-state index contributed by atoms with van der Waals surface area (Å²) in [4.78, 5) is 11.3. The average molecular weight is 294 g/mol. The molecule has 106 valence electrons. The number of nitrogens with zero attached hydrogens (tertiary/aromatic N) is 1. The number of carbonyl (C=O) groups is 1. The van der Waals surface area contributed by atoms with E-state index < -0.39 is 15.9 Å². The second kappa shape index (κ2) is 4.97. The quantitative estimate of drug-likeness (QED) is 0.777. The Hall–Kier alpha value is -2.35. The van der Waals surface area contributed by atoms with Gasteiger partial charge in [-0.15, -0.1) is 0 Å². The number of carbonyl (C=O) groups excluding carboxylic acids is 1. The number of nitrogens with two attached hydrogens (primary N) is 1. The van der Waals surface area contributed by atoms with E-state index >= 15 is 0 Å². The van der Waals surface area contributed by atoms with Gasteiger partial charge in [0.2, 0.25) is 5.91 Å². The highest BCUT2D eigenvalue weighted by atomic mass is 32.2. The number of aromatic nitrogens is 2. The van der Waals surface area contributed by atoms with E-state index in [0.29, 0.717) is 16.9 Å². The summed E-state index contributed by atoms with van der Waals surface area (Å²) < 4.78 is 26.9. The predicted octanol–water partition coefficient (Wildman–Crippen LogP) is 0.926. The molecule has 0 saturated heterocycles. The van der Waals surface area contributed by atoms with Gasteiger partial charge < -0.3 is 5.73 Å². The molecule has 1 amide bonds. The fourth-order valence-electron chi connectivity index (χ4n) is 1.82. The molecule has 0 fully saturated rings. The van der Waals surface area contributed by atoms with E-state index in [-0.39, 0.29) is 10.5 Å². The number of anilines is 1. The number of H-pyrrole nitrogens is 1. The van der Waals surface area contributed by atoms with Gasteiger partial charge in [0.05, 0.1) is 17.6 Å². The molecule has 0 aliphatic rings. The lowest BCUT2D eigenvalue weighted by Crippen LogP contribution is -2.17. The first-order valence-electron chi connectivity index (χ1n) is 5.75.